The Balaban J connectivity index is 4.76. The van der Waals surface area contributed by atoms with Crippen LogP contribution in [0.15, 0.2) is 23.8 Å². The second-order valence-corrected chi connectivity index (χ2v) is 5.22. The zero-order valence-electron chi connectivity index (χ0n) is 10.7. The first kappa shape index (κ1) is 13.9. The molecule has 0 radical (unpaired) electrons. The maximum atomic E-state index is 11.4. The summed E-state index contributed by atoms with van der Waals surface area (Å²) < 4.78 is 5.37. The van der Waals surface area contributed by atoms with Crippen molar-refractivity contribution in [3.63, 3.8) is 0 Å². The number of ether oxygens (including phenoxy) is 1. The molecule has 0 aliphatic rings. The number of allylic oxidation sites excluding steroid dienone is 1. The summed E-state index contributed by atoms with van der Waals surface area (Å²) in [6.45, 7) is 15.4. The molecule has 0 rings (SSSR count). The zero-order valence-corrected chi connectivity index (χ0v) is 10.7. The fraction of sp³-hybridized carbons (Fsp3) is 0.615. The van der Waals surface area contributed by atoms with Crippen molar-refractivity contribution in [2.75, 3.05) is 0 Å². The van der Waals surface area contributed by atoms with E-state index in [9.17, 15) is 4.79 Å². The van der Waals surface area contributed by atoms with Crippen LogP contribution in [0.5, 0.6) is 0 Å². The molecule has 0 aliphatic carbocycles. The van der Waals surface area contributed by atoms with Gasteiger partial charge >= 0.3 is 5.97 Å². The molecule has 15 heavy (non-hydrogen) atoms. The highest BCUT2D eigenvalue weighted by Gasteiger charge is 2.26. The van der Waals surface area contributed by atoms with Crippen LogP contribution in [0.3, 0.4) is 0 Å². The predicted molar refractivity (Wildman–Crippen MR) is 63.6 cm³/mol. The first-order chi connectivity index (χ1) is 6.64. The molecule has 0 spiro atoms. The summed E-state index contributed by atoms with van der Waals surface area (Å²) in [7, 11) is 0. The van der Waals surface area contributed by atoms with Crippen molar-refractivity contribution in [1.82, 2.24) is 0 Å². The number of hydrogen-bond donors (Lipinski definition) is 0. The predicted octanol–water partition coefficient (Wildman–Crippen LogP) is 3.49. The molecule has 86 valence electrons. The summed E-state index contributed by atoms with van der Waals surface area (Å²) in [6, 6.07) is 0. The molecule has 0 N–H and O–H groups in total. The van der Waals surface area contributed by atoms with Gasteiger partial charge in [0, 0.05) is 11.0 Å². The third-order valence-electron chi connectivity index (χ3n) is 1.92. The van der Waals surface area contributed by atoms with E-state index in [0.29, 0.717) is 5.57 Å². The third-order valence-corrected chi connectivity index (χ3v) is 1.92. The van der Waals surface area contributed by atoms with Gasteiger partial charge in [-0.3, -0.25) is 0 Å². The molecule has 1 unspecified atom stereocenters. The Morgan fingerprint density at radius 3 is 2.00 bits per heavy atom. The first-order valence-electron chi connectivity index (χ1n) is 5.16. The van der Waals surface area contributed by atoms with Gasteiger partial charge in [-0.25, -0.2) is 4.79 Å². The highest BCUT2D eigenvalue weighted by molar-refractivity contribution is 5.87. The van der Waals surface area contributed by atoms with Crippen LogP contribution in [0.4, 0.5) is 0 Å². The Morgan fingerprint density at radius 2 is 1.73 bits per heavy atom. The van der Waals surface area contributed by atoms with Gasteiger partial charge in [0.15, 0.2) is 0 Å². The van der Waals surface area contributed by atoms with Gasteiger partial charge in [0.05, 0.1) is 0 Å². The maximum absolute atomic E-state index is 11.4. The van der Waals surface area contributed by atoms with Gasteiger partial charge in [-0.15, -0.1) is 0 Å². The lowest BCUT2D eigenvalue weighted by Gasteiger charge is -2.28. The monoisotopic (exact) mass is 210 g/mol. The second-order valence-electron chi connectivity index (χ2n) is 5.22. The van der Waals surface area contributed by atoms with Crippen molar-refractivity contribution in [1.29, 1.82) is 0 Å². The normalized spacial score (nSPS) is 12.9. The standard InChI is InChI=1S/C13H22O2/c1-9(2)8-11(13(5,6)7)15-12(14)10(3)4/h8,11H,3H2,1-2,4-7H3. The quantitative estimate of drug-likeness (QED) is 0.405. The van der Waals surface area contributed by atoms with Gasteiger partial charge in [0.25, 0.3) is 0 Å². The summed E-state index contributed by atoms with van der Waals surface area (Å²) in [5, 5.41) is 0. The van der Waals surface area contributed by atoms with Gasteiger partial charge in [-0.05, 0) is 26.8 Å². The van der Waals surface area contributed by atoms with Crippen LogP contribution in [0.25, 0.3) is 0 Å². The summed E-state index contributed by atoms with van der Waals surface area (Å²) in [5.41, 5.74) is 1.48. The van der Waals surface area contributed by atoms with E-state index < -0.39 is 0 Å². The lowest BCUT2D eigenvalue weighted by atomic mass is 9.88. The van der Waals surface area contributed by atoms with E-state index in [1.807, 2.05) is 40.7 Å². The van der Waals surface area contributed by atoms with Crippen molar-refractivity contribution in [3.8, 4) is 0 Å². The summed E-state index contributed by atoms with van der Waals surface area (Å²) in [5.74, 6) is -0.326. The molecule has 0 amide bonds. The number of hydrogen-bond acceptors (Lipinski definition) is 2. The van der Waals surface area contributed by atoms with E-state index >= 15 is 0 Å². The van der Waals surface area contributed by atoms with E-state index in [1.54, 1.807) is 6.92 Å². The number of carbonyl (C=O) groups excluding carboxylic acids is 1. The fourth-order valence-electron chi connectivity index (χ4n) is 0.979. The van der Waals surface area contributed by atoms with Crippen LogP contribution in [0.1, 0.15) is 41.5 Å². The second kappa shape index (κ2) is 5.15. The highest BCUT2D eigenvalue weighted by atomic mass is 16.5. The summed E-state index contributed by atoms with van der Waals surface area (Å²) in [6.07, 6.45) is 1.77. The van der Waals surface area contributed by atoms with E-state index in [1.165, 1.54) is 0 Å². The average molecular weight is 210 g/mol. The third kappa shape index (κ3) is 5.40. The maximum Gasteiger partial charge on any atom is 0.333 e. The van der Waals surface area contributed by atoms with Crippen molar-refractivity contribution in [2.24, 2.45) is 5.41 Å². The Labute approximate surface area is 93.0 Å². The smallest absolute Gasteiger partial charge is 0.333 e. The zero-order chi connectivity index (χ0) is 12.2. The molecule has 2 heteroatoms. The minimum atomic E-state index is -0.326. The SMILES string of the molecule is C=C(C)C(=O)OC(C=C(C)C)C(C)(C)C. The molecular formula is C13H22O2. The van der Waals surface area contributed by atoms with Gasteiger partial charge < -0.3 is 4.74 Å². The van der Waals surface area contributed by atoms with E-state index in [-0.39, 0.29) is 17.5 Å². The van der Waals surface area contributed by atoms with Crippen molar-refractivity contribution < 1.29 is 9.53 Å². The van der Waals surface area contributed by atoms with Gasteiger partial charge in [-0.2, -0.15) is 0 Å². The van der Waals surface area contributed by atoms with Crippen LogP contribution in [0.2, 0.25) is 0 Å². The van der Waals surface area contributed by atoms with Crippen LogP contribution < -0.4 is 0 Å². The van der Waals surface area contributed by atoms with E-state index in [0.717, 1.165) is 5.57 Å². The molecule has 0 aromatic rings. The minimum absolute atomic E-state index is 0.0949. The Kier molecular flexibility index (Phi) is 4.79. The number of rotatable bonds is 3. The van der Waals surface area contributed by atoms with Crippen LogP contribution >= 0.6 is 0 Å². The number of esters is 1. The van der Waals surface area contributed by atoms with Crippen molar-refractivity contribution in [2.45, 2.75) is 47.6 Å². The van der Waals surface area contributed by atoms with Gasteiger partial charge in [-0.1, -0.05) is 32.9 Å². The fourth-order valence-corrected chi connectivity index (χ4v) is 0.979. The molecule has 2 nitrogen and oxygen atoms in total. The topological polar surface area (TPSA) is 26.3 Å². The molecule has 0 heterocycles. The molecule has 0 saturated carbocycles. The largest absolute Gasteiger partial charge is 0.454 e. The Morgan fingerprint density at radius 1 is 1.27 bits per heavy atom. The first-order valence-corrected chi connectivity index (χ1v) is 5.16. The molecular weight excluding hydrogens is 188 g/mol. The summed E-state index contributed by atoms with van der Waals surface area (Å²) in [4.78, 5) is 11.4. The molecule has 0 bridgehead atoms. The van der Waals surface area contributed by atoms with E-state index in [4.69, 9.17) is 4.74 Å². The summed E-state index contributed by atoms with van der Waals surface area (Å²) >= 11 is 0. The van der Waals surface area contributed by atoms with Crippen LogP contribution in [-0.2, 0) is 9.53 Å². The lowest BCUT2D eigenvalue weighted by Crippen LogP contribution is -2.30. The van der Waals surface area contributed by atoms with E-state index in [2.05, 4.69) is 6.58 Å². The molecule has 0 saturated heterocycles. The van der Waals surface area contributed by atoms with Crippen LogP contribution in [-0.4, -0.2) is 12.1 Å². The Hall–Kier alpha value is -1.05. The van der Waals surface area contributed by atoms with Crippen molar-refractivity contribution in [3.05, 3.63) is 23.8 Å². The van der Waals surface area contributed by atoms with Crippen LogP contribution in [0, 0.1) is 5.41 Å². The minimum Gasteiger partial charge on any atom is -0.454 e. The molecule has 0 aliphatic heterocycles. The molecule has 0 aromatic carbocycles. The highest BCUT2D eigenvalue weighted by Crippen LogP contribution is 2.25. The Bertz CT molecular complexity index is 275. The average Bonchev–Trinajstić information content (AvgIpc) is 2.00. The van der Waals surface area contributed by atoms with Crippen molar-refractivity contribution >= 4 is 5.97 Å². The molecule has 0 fully saturated rings. The van der Waals surface area contributed by atoms with Gasteiger partial charge in [0.2, 0.25) is 0 Å². The molecule has 1 atom stereocenters. The molecule has 0 aromatic heterocycles. The number of carbonyl (C=O) groups is 1. The van der Waals surface area contributed by atoms with Gasteiger partial charge in [0.1, 0.15) is 6.10 Å². The lowest BCUT2D eigenvalue weighted by molar-refractivity contribution is -0.146.